The third-order valence-corrected chi connectivity index (χ3v) is 2.63. The van der Waals surface area contributed by atoms with Crippen molar-refractivity contribution < 1.29 is 0 Å². The van der Waals surface area contributed by atoms with Crippen LogP contribution in [0.15, 0.2) is 48.9 Å². The largest absolute Gasteiger partial charge is 0.368 e. The summed E-state index contributed by atoms with van der Waals surface area (Å²) in [6, 6.07) is 9.87. The molecular weight excluding hydrogens is 212 g/mol. The van der Waals surface area contributed by atoms with Crippen LogP contribution >= 0.6 is 0 Å². The zero-order valence-electron chi connectivity index (χ0n) is 9.04. The highest BCUT2D eigenvalue weighted by molar-refractivity contribution is 5.95. The zero-order valence-corrected chi connectivity index (χ0v) is 9.04. The predicted molar refractivity (Wildman–Crippen MR) is 67.2 cm³/mol. The maximum absolute atomic E-state index is 5.60. The Morgan fingerprint density at radius 2 is 1.94 bits per heavy atom. The minimum Gasteiger partial charge on any atom is -0.368 e. The fraction of sp³-hybridized carbons (Fsp3) is 0. The van der Waals surface area contributed by atoms with Crippen LogP contribution in [0, 0.1) is 0 Å². The molecule has 2 aromatic heterocycles. The summed E-state index contributed by atoms with van der Waals surface area (Å²) in [7, 11) is 0. The van der Waals surface area contributed by atoms with Crippen molar-refractivity contribution in [2.45, 2.75) is 0 Å². The van der Waals surface area contributed by atoms with Gasteiger partial charge in [-0.3, -0.25) is 4.98 Å². The van der Waals surface area contributed by atoms with E-state index in [-0.39, 0.29) is 5.95 Å². The molecule has 3 aromatic rings. The van der Waals surface area contributed by atoms with Crippen molar-refractivity contribution in [3.05, 3.63) is 48.9 Å². The number of nitrogens with zero attached hydrogens (tertiary/aromatic N) is 3. The van der Waals surface area contributed by atoms with Crippen LogP contribution in [0.4, 0.5) is 5.95 Å². The fourth-order valence-corrected chi connectivity index (χ4v) is 1.86. The average molecular weight is 222 g/mol. The highest BCUT2D eigenvalue weighted by atomic mass is 15.0. The lowest BCUT2D eigenvalue weighted by Gasteiger charge is -2.05. The van der Waals surface area contributed by atoms with Crippen LogP contribution in [0.25, 0.3) is 22.0 Å². The molecule has 0 saturated heterocycles. The van der Waals surface area contributed by atoms with Crippen LogP contribution in [0.5, 0.6) is 0 Å². The van der Waals surface area contributed by atoms with Gasteiger partial charge in [0.15, 0.2) is 0 Å². The van der Waals surface area contributed by atoms with Gasteiger partial charge in [-0.05, 0) is 17.5 Å². The molecule has 0 bridgehead atoms. The second-order valence-electron chi connectivity index (χ2n) is 3.70. The van der Waals surface area contributed by atoms with Gasteiger partial charge in [-0.15, -0.1) is 0 Å². The number of fused-ring (bicyclic) bond motifs is 1. The van der Waals surface area contributed by atoms with E-state index >= 15 is 0 Å². The van der Waals surface area contributed by atoms with E-state index in [0.29, 0.717) is 0 Å². The van der Waals surface area contributed by atoms with E-state index in [1.54, 1.807) is 12.4 Å². The molecule has 3 rings (SSSR count). The summed E-state index contributed by atoms with van der Waals surface area (Å²) in [5, 5.41) is 2.20. The molecule has 0 spiro atoms. The Balaban J connectivity index is 2.30. The normalized spacial score (nSPS) is 10.6. The zero-order chi connectivity index (χ0) is 11.7. The quantitative estimate of drug-likeness (QED) is 0.686. The number of aromatic nitrogens is 3. The fourth-order valence-electron chi connectivity index (χ4n) is 1.86. The number of benzene rings is 1. The first-order valence-corrected chi connectivity index (χ1v) is 5.26. The monoisotopic (exact) mass is 222 g/mol. The van der Waals surface area contributed by atoms with Crippen molar-refractivity contribution in [3.8, 4) is 11.3 Å². The van der Waals surface area contributed by atoms with E-state index < -0.39 is 0 Å². The van der Waals surface area contributed by atoms with Crippen LogP contribution in [0.2, 0.25) is 0 Å². The van der Waals surface area contributed by atoms with Gasteiger partial charge < -0.3 is 5.73 Å². The molecule has 2 N–H and O–H groups in total. The van der Waals surface area contributed by atoms with E-state index in [4.69, 9.17) is 5.73 Å². The van der Waals surface area contributed by atoms with Gasteiger partial charge in [0.05, 0.1) is 5.69 Å². The maximum Gasteiger partial charge on any atom is 0.220 e. The topological polar surface area (TPSA) is 64.7 Å². The van der Waals surface area contributed by atoms with Crippen molar-refractivity contribution in [1.29, 1.82) is 0 Å². The van der Waals surface area contributed by atoms with E-state index in [2.05, 4.69) is 15.0 Å². The van der Waals surface area contributed by atoms with Crippen molar-refractivity contribution in [3.63, 3.8) is 0 Å². The number of hydrogen-bond acceptors (Lipinski definition) is 4. The Kier molecular flexibility index (Phi) is 2.19. The first-order chi connectivity index (χ1) is 8.34. The van der Waals surface area contributed by atoms with Crippen LogP contribution in [-0.4, -0.2) is 15.0 Å². The Labute approximate surface area is 98.2 Å². The number of nitrogen functional groups attached to an aromatic ring is 1. The Bertz CT molecular complexity index is 674. The third-order valence-electron chi connectivity index (χ3n) is 2.63. The predicted octanol–water partition coefficient (Wildman–Crippen LogP) is 2.27. The third kappa shape index (κ3) is 1.69. The number of nitrogens with two attached hydrogens (primary N) is 1. The standard InChI is InChI=1S/C13H10N4/c14-13-16-7-5-12(17-13)10-3-1-2-9-4-6-15-8-11(9)10/h1-8H,(H2,14,16,17). The van der Waals surface area contributed by atoms with Crippen LogP contribution < -0.4 is 5.73 Å². The van der Waals surface area contributed by atoms with Gasteiger partial charge in [0, 0.05) is 29.5 Å². The number of rotatable bonds is 1. The summed E-state index contributed by atoms with van der Waals surface area (Å²) in [6.07, 6.45) is 5.27. The van der Waals surface area contributed by atoms with Gasteiger partial charge >= 0.3 is 0 Å². The Morgan fingerprint density at radius 3 is 2.82 bits per heavy atom. The summed E-state index contributed by atoms with van der Waals surface area (Å²) >= 11 is 0. The smallest absolute Gasteiger partial charge is 0.220 e. The molecule has 17 heavy (non-hydrogen) atoms. The van der Waals surface area contributed by atoms with Crippen LogP contribution in [0.1, 0.15) is 0 Å². The molecule has 0 radical (unpaired) electrons. The van der Waals surface area contributed by atoms with Gasteiger partial charge in [-0.2, -0.15) is 0 Å². The lowest BCUT2D eigenvalue weighted by molar-refractivity contribution is 1.19. The Morgan fingerprint density at radius 1 is 1.00 bits per heavy atom. The molecule has 0 saturated carbocycles. The van der Waals surface area contributed by atoms with Gasteiger partial charge in [0.1, 0.15) is 0 Å². The summed E-state index contributed by atoms with van der Waals surface area (Å²) in [5.41, 5.74) is 7.44. The van der Waals surface area contributed by atoms with Gasteiger partial charge in [-0.25, -0.2) is 9.97 Å². The molecule has 0 aliphatic heterocycles. The highest BCUT2D eigenvalue weighted by Crippen LogP contribution is 2.26. The second-order valence-corrected chi connectivity index (χ2v) is 3.70. The molecule has 0 fully saturated rings. The molecule has 4 nitrogen and oxygen atoms in total. The molecule has 0 amide bonds. The molecule has 0 unspecified atom stereocenters. The first-order valence-electron chi connectivity index (χ1n) is 5.26. The van der Waals surface area contributed by atoms with Crippen molar-refractivity contribution >= 4 is 16.7 Å². The van der Waals surface area contributed by atoms with Gasteiger partial charge in [0.25, 0.3) is 0 Å². The Hall–Kier alpha value is -2.49. The second kappa shape index (κ2) is 3.83. The minimum absolute atomic E-state index is 0.281. The maximum atomic E-state index is 5.60. The van der Waals surface area contributed by atoms with E-state index in [1.807, 2.05) is 36.5 Å². The molecule has 0 aliphatic rings. The average Bonchev–Trinajstić information content (AvgIpc) is 2.38. The van der Waals surface area contributed by atoms with Crippen LogP contribution in [-0.2, 0) is 0 Å². The van der Waals surface area contributed by atoms with Crippen LogP contribution in [0.3, 0.4) is 0 Å². The van der Waals surface area contributed by atoms with E-state index in [1.165, 1.54) is 0 Å². The number of pyridine rings is 1. The summed E-state index contributed by atoms with van der Waals surface area (Å²) in [5.74, 6) is 0.281. The molecule has 4 heteroatoms. The first kappa shape index (κ1) is 9.72. The highest BCUT2D eigenvalue weighted by Gasteiger charge is 2.05. The van der Waals surface area contributed by atoms with Crippen molar-refractivity contribution in [2.75, 3.05) is 5.73 Å². The summed E-state index contributed by atoms with van der Waals surface area (Å²) < 4.78 is 0. The summed E-state index contributed by atoms with van der Waals surface area (Å²) in [4.78, 5) is 12.3. The molecule has 0 aliphatic carbocycles. The van der Waals surface area contributed by atoms with E-state index in [9.17, 15) is 0 Å². The lowest BCUT2D eigenvalue weighted by atomic mass is 10.0. The number of anilines is 1. The van der Waals surface area contributed by atoms with Gasteiger partial charge in [0.2, 0.25) is 5.95 Å². The SMILES string of the molecule is Nc1nccc(-c2cccc3ccncc23)n1. The van der Waals surface area contributed by atoms with Crippen molar-refractivity contribution in [1.82, 2.24) is 15.0 Å². The van der Waals surface area contributed by atoms with E-state index in [0.717, 1.165) is 22.0 Å². The lowest BCUT2D eigenvalue weighted by Crippen LogP contribution is -1.95. The molecule has 2 heterocycles. The molecular formula is C13H10N4. The summed E-state index contributed by atoms with van der Waals surface area (Å²) in [6.45, 7) is 0. The molecule has 0 atom stereocenters. The van der Waals surface area contributed by atoms with Crippen molar-refractivity contribution in [2.24, 2.45) is 0 Å². The molecule has 1 aromatic carbocycles. The van der Waals surface area contributed by atoms with Gasteiger partial charge in [-0.1, -0.05) is 18.2 Å². The molecule has 82 valence electrons. The number of hydrogen-bond donors (Lipinski definition) is 1. The minimum atomic E-state index is 0.281.